The molecule has 3 aromatic rings. The van der Waals surface area contributed by atoms with E-state index in [0.717, 1.165) is 5.69 Å². The second-order valence-corrected chi connectivity index (χ2v) is 6.38. The number of carboxylic acid groups (broad SMARTS) is 1. The maximum Gasteiger partial charge on any atom is 0.335 e. The average Bonchev–Trinajstić information content (AvgIpc) is 2.75. The van der Waals surface area contributed by atoms with Crippen molar-refractivity contribution in [2.75, 3.05) is 41.8 Å². The third-order valence-electron chi connectivity index (χ3n) is 4.34. The van der Waals surface area contributed by atoms with E-state index in [-0.39, 0.29) is 5.56 Å². The number of nitrogens with zero attached hydrogens (tertiary/aromatic N) is 4. The van der Waals surface area contributed by atoms with Gasteiger partial charge in [-0.1, -0.05) is 18.2 Å². The van der Waals surface area contributed by atoms with Gasteiger partial charge >= 0.3 is 5.97 Å². The molecule has 9 nitrogen and oxygen atoms in total. The number of para-hydroxylation sites is 1. The summed E-state index contributed by atoms with van der Waals surface area (Å²) in [6, 6.07) is 16.0. The lowest BCUT2D eigenvalue weighted by Crippen LogP contribution is -2.37. The van der Waals surface area contributed by atoms with Gasteiger partial charge in [0.15, 0.2) is 0 Å². The predicted octanol–water partition coefficient (Wildman–Crippen LogP) is 2.89. The van der Waals surface area contributed by atoms with E-state index in [1.807, 2.05) is 35.2 Å². The highest BCUT2D eigenvalue weighted by molar-refractivity contribution is 5.88. The van der Waals surface area contributed by atoms with Crippen molar-refractivity contribution < 1.29 is 14.6 Å². The minimum atomic E-state index is -0.972. The monoisotopic (exact) mass is 392 g/mol. The molecular formula is C20H20N6O3. The van der Waals surface area contributed by atoms with Gasteiger partial charge in [0, 0.05) is 24.5 Å². The summed E-state index contributed by atoms with van der Waals surface area (Å²) < 4.78 is 5.41. The predicted molar refractivity (Wildman–Crippen MR) is 109 cm³/mol. The van der Waals surface area contributed by atoms with E-state index in [4.69, 9.17) is 9.84 Å². The number of hydrogen-bond acceptors (Lipinski definition) is 8. The van der Waals surface area contributed by atoms with Crippen molar-refractivity contribution in [3.63, 3.8) is 0 Å². The number of morpholine rings is 1. The lowest BCUT2D eigenvalue weighted by atomic mass is 10.2. The van der Waals surface area contributed by atoms with E-state index in [0.29, 0.717) is 49.8 Å². The first-order chi connectivity index (χ1) is 14.2. The van der Waals surface area contributed by atoms with Crippen LogP contribution >= 0.6 is 0 Å². The maximum absolute atomic E-state index is 11.0. The standard InChI is InChI=1S/C20H20N6O3/c27-17(28)14-6-8-16(9-7-14)22-19-23-18(21-15-4-2-1-3-5-15)24-20(25-19)26-10-12-29-13-11-26/h1-9H,10-13H2,(H,27,28)(H2,21,22,23,24,25). The zero-order chi connectivity index (χ0) is 20.1. The molecule has 0 saturated carbocycles. The fourth-order valence-corrected chi connectivity index (χ4v) is 2.86. The van der Waals surface area contributed by atoms with Gasteiger partial charge in [-0.25, -0.2) is 4.79 Å². The first-order valence-electron chi connectivity index (χ1n) is 9.18. The topological polar surface area (TPSA) is 112 Å². The Morgan fingerprint density at radius 2 is 1.45 bits per heavy atom. The van der Waals surface area contributed by atoms with E-state index >= 15 is 0 Å². The van der Waals surface area contributed by atoms with Gasteiger partial charge in [0.2, 0.25) is 17.8 Å². The molecule has 4 rings (SSSR count). The smallest absolute Gasteiger partial charge is 0.335 e. The molecule has 1 fully saturated rings. The van der Waals surface area contributed by atoms with Crippen molar-refractivity contribution in [3.8, 4) is 0 Å². The van der Waals surface area contributed by atoms with E-state index < -0.39 is 5.97 Å². The van der Waals surface area contributed by atoms with Crippen molar-refractivity contribution in [2.24, 2.45) is 0 Å². The molecule has 0 bridgehead atoms. The second kappa shape index (κ2) is 8.53. The Hall–Kier alpha value is -3.72. The fourth-order valence-electron chi connectivity index (χ4n) is 2.86. The van der Waals surface area contributed by atoms with E-state index in [1.165, 1.54) is 12.1 Å². The molecule has 1 aromatic heterocycles. The van der Waals surface area contributed by atoms with Crippen LogP contribution in [0.4, 0.5) is 29.2 Å². The number of anilines is 5. The molecule has 3 N–H and O–H groups in total. The third kappa shape index (κ3) is 4.77. The first-order valence-corrected chi connectivity index (χ1v) is 9.18. The van der Waals surface area contributed by atoms with Gasteiger partial charge in [-0.15, -0.1) is 0 Å². The minimum Gasteiger partial charge on any atom is -0.478 e. The van der Waals surface area contributed by atoms with Gasteiger partial charge in [-0.2, -0.15) is 15.0 Å². The Bertz CT molecular complexity index is 975. The van der Waals surface area contributed by atoms with Crippen LogP contribution < -0.4 is 15.5 Å². The van der Waals surface area contributed by atoms with Gasteiger partial charge in [0.05, 0.1) is 18.8 Å². The number of carboxylic acids is 1. The number of aromatic nitrogens is 3. The molecule has 1 aliphatic rings. The van der Waals surface area contributed by atoms with Gasteiger partial charge in [0.25, 0.3) is 0 Å². The molecule has 1 saturated heterocycles. The Morgan fingerprint density at radius 1 is 0.862 bits per heavy atom. The molecule has 0 radical (unpaired) electrons. The number of benzene rings is 2. The number of hydrogen-bond donors (Lipinski definition) is 3. The highest BCUT2D eigenvalue weighted by atomic mass is 16.5. The van der Waals surface area contributed by atoms with Crippen molar-refractivity contribution >= 4 is 35.2 Å². The van der Waals surface area contributed by atoms with Crippen LogP contribution in [-0.4, -0.2) is 52.3 Å². The largest absolute Gasteiger partial charge is 0.478 e. The normalized spacial score (nSPS) is 13.7. The van der Waals surface area contributed by atoms with Crippen LogP contribution in [0.2, 0.25) is 0 Å². The molecule has 0 aliphatic carbocycles. The summed E-state index contributed by atoms with van der Waals surface area (Å²) in [6.45, 7) is 2.63. The molecule has 0 spiro atoms. The Kier molecular flexibility index (Phi) is 5.48. The average molecular weight is 392 g/mol. The van der Waals surface area contributed by atoms with Gasteiger partial charge in [0.1, 0.15) is 0 Å². The summed E-state index contributed by atoms with van der Waals surface area (Å²) in [6.07, 6.45) is 0. The van der Waals surface area contributed by atoms with Crippen LogP contribution in [0.25, 0.3) is 0 Å². The molecular weight excluding hydrogens is 372 g/mol. The summed E-state index contributed by atoms with van der Waals surface area (Å²) in [5, 5.41) is 15.4. The quantitative estimate of drug-likeness (QED) is 0.583. The molecule has 2 heterocycles. The summed E-state index contributed by atoms with van der Waals surface area (Å²) in [5.74, 6) is 0.354. The lowest BCUT2D eigenvalue weighted by molar-refractivity contribution is 0.0697. The molecule has 29 heavy (non-hydrogen) atoms. The van der Waals surface area contributed by atoms with Crippen LogP contribution in [0.1, 0.15) is 10.4 Å². The highest BCUT2D eigenvalue weighted by Gasteiger charge is 2.17. The van der Waals surface area contributed by atoms with Crippen LogP contribution in [0.5, 0.6) is 0 Å². The summed E-state index contributed by atoms with van der Waals surface area (Å²) >= 11 is 0. The van der Waals surface area contributed by atoms with E-state index in [1.54, 1.807) is 12.1 Å². The minimum absolute atomic E-state index is 0.214. The molecule has 0 unspecified atom stereocenters. The SMILES string of the molecule is O=C(O)c1ccc(Nc2nc(Nc3ccccc3)nc(N3CCOCC3)n2)cc1. The van der Waals surface area contributed by atoms with Crippen molar-refractivity contribution in [1.82, 2.24) is 15.0 Å². The third-order valence-corrected chi connectivity index (χ3v) is 4.34. The number of rotatable bonds is 6. The number of aromatic carboxylic acids is 1. The number of nitrogens with one attached hydrogen (secondary N) is 2. The van der Waals surface area contributed by atoms with Crippen molar-refractivity contribution in [1.29, 1.82) is 0 Å². The maximum atomic E-state index is 11.0. The van der Waals surface area contributed by atoms with Crippen LogP contribution in [0, 0.1) is 0 Å². The molecule has 0 atom stereocenters. The summed E-state index contributed by atoms with van der Waals surface area (Å²) in [4.78, 5) is 26.6. The van der Waals surface area contributed by atoms with Gasteiger partial charge in [-0.3, -0.25) is 0 Å². The summed E-state index contributed by atoms with van der Waals surface area (Å²) in [5.41, 5.74) is 1.76. The molecule has 9 heteroatoms. The van der Waals surface area contributed by atoms with E-state index in [2.05, 4.69) is 25.6 Å². The fraction of sp³-hybridized carbons (Fsp3) is 0.200. The highest BCUT2D eigenvalue weighted by Crippen LogP contribution is 2.21. The molecule has 2 aromatic carbocycles. The van der Waals surface area contributed by atoms with Crippen LogP contribution in [-0.2, 0) is 4.74 Å². The van der Waals surface area contributed by atoms with Gasteiger partial charge < -0.3 is 25.4 Å². The zero-order valence-electron chi connectivity index (χ0n) is 15.6. The van der Waals surface area contributed by atoms with Crippen LogP contribution in [0.15, 0.2) is 54.6 Å². The molecule has 148 valence electrons. The second-order valence-electron chi connectivity index (χ2n) is 6.38. The van der Waals surface area contributed by atoms with Crippen molar-refractivity contribution in [2.45, 2.75) is 0 Å². The van der Waals surface area contributed by atoms with Crippen molar-refractivity contribution in [3.05, 3.63) is 60.2 Å². The summed E-state index contributed by atoms with van der Waals surface area (Å²) in [7, 11) is 0. The number of carbonyl (C=O) groups is 1. The Morgan fingerprint density at radius 3 is 2.03 bits per heavy atom. The van der Waals surface area contributed by atoms with Crippen LogP contribution in [0.3, 0.4) is 0 Å². The van der Waals surface area contributed by atoms with E-state index in [9.17, 15) is 4.79 Å². The Balaban J connectivity index is 1.62. The Labute approximate surface area is 167 Å². The zero-order valence-corrected chi connectivity index (χ0v) is 15.6. The van der Waals surface area contributed by atoms with Gasteiger partial charge in [-0.05, 0) is 36.4 Å². The molecule has 0 amide bonds. The first kappa shape index (κ1) is 18.6. The molecule has 1 aliphatic heterocycles. The number of ether oxygens (including phenoxy) is 1. The lowest BCUT2D eigenvalue weighted by Gasteiger charge is -2.27.